The summed E-state index contributed by atoms with van der Waals surface area (Å²) < 4.78 is 0. The number of hydrogen-bond donors (Lipinski definition) is 1. The molecule has 0 saturated carbocycles. The van der Waals surface area contributed by atoms with Crippen LogP contribution in [0.4, 0.5) is 5.69 Å². The maximum atomic E-state index is 11.1. The number of nitrogens with zero attached hydrogens (tertiary/aromatic N) is 2. The van der Waals surface area contributed by atoms with Crippen molar-refractivity contribution in [1.82, 2.24) is 4.98 Å². The summed E-state index contributed by atoms with van der Waals surface area (Å²) in [5.41, 5.74) is 8.16. The fourth-order valence-corrected chi connectivity index (χ4v) is 2.76. The number of nitrogens with two attached hydrogens (primary N) is 1. The minimum Gasteiger partial charge on any atom is -0.330 e. The molecule has 6 heteroatoms. The molecular weight excluding hydrogens is 262 g/mol. The molecule has 2 N–H and O–H groups in total. The highest BCUT2D eigenvalue weighted by molar-refractivity contribution is 7.13. The summed E-state index contributed by atoms with van der Waals surface area (Å²) in [6.07, 6.45) is 1.53. The largest absolute Gasteiger partial charge is 0.330 e. The third kappa shape index (κ3) is 2.97. The topological polar surface area (TPSA) is 82.0 Å². The number of nitro groups is 1. The molecule has 0 unspecified atom stereocenters. The zero-order valence-electron chi connectivity index (χ0n) is 10.6. The quantitative estimate of drug-likeness (QED) is 0.673. The van der Waals surface area contributed by atoms with Crippen molar-refractivity contribution >= 4 is 17.0 Å². The predicted molar refractivity (Wildman–Crippen MR) is 76.3 cm³/mol. The molecule has 5 nitrogen and oxygen atoms in total. The monoisotopic (exact) mass is 277 g/mol. The number of benzene rings is 1. The van der Waals surface area contributed by atoms with Crippen molar-refractivity contribution in [2.24, 2.45) is 5.73 Å². The standard InChI is InChI=1S/C13H15N3O2S/c1-2-10-8-19-13(15-10)11-7-9(5-6-14)3-4-12(11)16(17)18/h3-4,7-8H,2,5-6,14H2,1H3. The van der Waals surface area contributed by atoms with E-state index in [0.29, 0.717) is 23.5 Å². The van der Waals surface area contributed by atoms with Gasteiger partial charge in [-0.25, -0.2) is 4.98 Å². The number of rotatable bonds is 5. The minimum atomic E-state index is -0.366. The highest BCUT2D eigenvalue weighted by atomic mass is 32.1. The Hall–Kier alpha value is -1.79. The summed E-state index contributed by atoms with van der Waals surface area (Å²) in [6, 6.07) is 5.11. The van der Waals surface area contributed by atoms with Crippen molar-refractivity contribution in [3.8, 4) is 10.6 Å². The van der Waals surface area contributed by atoms with Crippen molar-refractivity contribution in [1.29, 1.82) is 0 Å². The Morgan fingerprint density at radius 3 is 2.84 bits per heavy atom. The van der Waals surface area contributed by atoms with Gasteiger partial charge in [0, 0.05) is 11.4 Å². The average Bonchev–Trinajstić information content (AvgIpc) is 2.87. The van der Waals surface area contributed by atoms with Crippen LogP contribution in [0, 0.1) is 10.1 Å². The lowest BCUT2D eigenvalue weighted by atomic mass is 10.1. The third-order valence-corrected chi connectivity index (χ3v) is 3.76. The molecule has 0 atom stereocenters. The second-order valence-corrected chi connectivity index (χ2v) is 5.00. The lowest BCUT2D eigenvalue weighted by Gasteiger charge is -2.03. The molecule has 0 radical (unpaired) electrons. The second-order valence-electron chi connectivity index (χ2n) is 4.14. The molecule has 0 amide bonds. The van der Waals surface area contributed by atoms with E-state index in [4.69, 9.17) is 5.73 Å². The molecule has 19 heavy (non-hydrogen) atoms. The normalized spacial score (nSPS) is 10.6. The molecule has 1 heterocycles. The lowest BCUT2D eigenvalue weighted by molar-refractivity contribution is -0.384. The smallest absolute Gasteiger partial charge is 0.279 e. The van der Waals surface area contributed by atoms with E-state index >= 15 is 0 Å². The van der Waals surface area contributed by atoms with Gasteiger partial charge in [0.2, 0.25) is 0 Å². The lowest BCUT2D eigenvalue weighted by Crippen LogP contribution is -2.03. The van der Waals surface area contributed by atoms with E-state index in [1.54, 1.807) is 6.07 Å². The van der Waals surface area contributed by atoms with E-state index in [2.05, 4.69) is 4.98 Å². The molecule has 0 bridgehead atoms. The Balaban J connectivity index is 2.50. The Kier molecular flexibility index (Phi) is 4.24. The second kappa shape index (κ2) is 5.90. The fourth-order valence-electron chi connectivity index (χ4n) is 1.83. The summed E-state index contributed by atoms with van der Waals surface area (Å²) in [5.74, 6) is 0. The zero-order valence-corrected chi connectivity index (χ0v) is 11.4. The highest BCUT2D eigenvalue weighted by Gasteiger charge is 2.18. The fraction of sp³-hybridized carbons (Fsp3) is 0.308. The first-order valence-corrected chi connectivity index (χ1v) is 6.95. The van der Waals surface area contributed by atoms with Gasteiger partial charge in [-0.3, -0.25) is 10.1 Å². The van der Waals surface area contributed by atoms with Crippen molar-refractivity contribution in [3.63, 3.8) is 0 Å². The Morgan fingerprint density at radius 1 is 1.47 bits per heavy atom. The first-order valence-electron chi connectivity index (χ1n) is 6.07. The molecule has 1 aromatic carbocycles. The summed E-state index contributed by atoms with van der Waals surface area (Å²) >= 11 is 1.44. The van der Waals surface area contributed by atoms with Gasteiger partial charge in [0.05, 0.1) is 16.2 Å². The third-order valence-electron chi connectivity index (χ3n) is 2.84. The van der Waals surface area contributed by atoms with Gasteiger partial charge in [0.15, 0.2) is 0 Å². The number of aromatic nitrogens is 1. The van der Waals surface area contributed by atoms with Gasteiger partial charge in [0.1, 0.15) is 5.01 Å². The zero-order chi connectivity index (χ0) is 13.8. The molecule has 0 aliphatic rings. The van der Waals surface area contributed by atoms with Crippen molar-refractivity contribution in [2.75, 3.05) is 6.54 Å². The Labute approximate surface area is 115 Å². The number of aryl methyl sites for hydroxylation is 1. The maximum Gasteiger partial charge on any atom is 0.279 e. The van der Waals surface area contributed by atoms with E-state index in [-0.39, 0.29) is 10.6 Å². The highest BCUT2D eigenvalue weighted by Crippen LogP contribution is 2.33. The Morgan fingerprint density at radius 2 is 2.26 bits per heavy atom. The maximum absolute atomic E-state index is 11.1. The molecule has 0 spiro atoms. The van der Waals surface area contributed by atoms with E-state index in [9.17, 15) is 10.1 Å². The van der Waals surface area contributed by atoms with Crippen molar-refractivity contribution in [2.45, 2.75) is 19.8 Å². The SMILES string of the molecule is CCc1csc(-c2cc(CCN)ccc2[N+](=O)[O-])n1. The molecule has 0 saturated heterocycles. The molecule has 0 fully saturated rings. The molecule has 0 aliphatic carbocycles. The first-order chi connectivity index (χ1) is 9.15. The summed E-state index contributed by atoms with van der Waals surface area (Å²) in [7, 11) is 0. The summed E-state index contributed by atoms with van der Waals surface area (Å²) in [4.78, 5) is 15.2. The molecule has 2 rings (SSSR count). The van der Waals surface area contributed by atoms with Crippen LogP contribution in [0.1, 0.15) is 18.2 Å². The van der Waals surface area contributed by atoms with Crippen LogP contribution in [-0.2, 0) is 12.8 Å². The Bertz CT molecular complexity index is 595. The minimum absolute atomic E-state index is 0.0952. The van der Waals surface area contributed by atoms with Crippen LogP contribution in [0.15, 0.2) is 23.6 Å². The van der Waals surface area contributed by atoms with Crippen LogP contribution >= 0.6 is 11.3 Å². The van der Waals surface area contributed by atoms with Crippen LogP contribution in [0.3, 0.4) is 0 Å². The number of hydrogen-bond acceptors (Lipinski definition) is 5. The summed E-state index contributed by atoms with van der Waals surface area (Å²) in [5, 5.41) is 13.7. The van der Waals surface area contributed by atoms with Gasteiger partial charge in [0.25, 0.3) is 5.69 Å². The van der Waals surface area contributed by atoms with Crippen LogP contribution in [0.2, 0.25) is 0 Å². The number of thiazole rings is 1. The van der Waals surface area contributed by atoms with Crippen molar-refractivity contribution in [3.05, 3.63) is 45.0 Å². The van der Waals surface area contributed by atoms with Crippen LogP contribution < -0.4 is 5.73 Å². The van der Waals surface area contributed by atoms with Crippen LogP contribution in [0.25, 0.3) is 10.6 Å². The molecule has 100 valence electrons. The molecular formula is C13H15N3O2S. The molecule has 0 aliphatic heterocycles. The molecule has 1 aromatic heterocycles. The predicted octanol–water partition coefficient (Wildman–Crippen LogP) is 2.78. The van der Waals surface area contributed by atoms with Gasteiger partial charge in [-0.2, -0.15) is 0 Å². The van der Waals surface area contributed by atoms with Crippen LogP contribution in [-0.4, -0.2) is 16.5 Å². The first kappa shape index (κ1) is 13.6. The van der Waals surface area contributed by atoms with Gasteiger partial charge in [-0.15, -0.1) is 11.3 Å². The van der Waals surface area contributed by atoms with Gasteiger partial charge in [-0.05, 0) is 31.0 Å². The molecule has 2 aromatic rings. The van der Waals surface area contributed by atoms with E-state index in [1.165, 1.54) is 17.4 Å². The van der Waals surface area contributed by atoms with Crippen molar-refractivity contribution < 1.29 is 4.92 Å². The summed E-state index contributed by atoms with van der Waals surface area (Å²) in [6.45, 7) is 2.54. The van der Waals surface area contributed by atoms with E-state index in [0.717, 1.165) is 17.7 Å². The van der Waals surface area contributed by atoms with Gasteiger partial charge in [-0.1, -0.05) is 13.0 Å². The van der Waals surface area contributed by atoms with Gasteiger partial charge < -0.3 is 5.73 Å². The average molecular weight is 277 g/mol. The van der Waals surface area contributed by atoms with E-state index in [1.807, 2.05) is 18.4 Å². The van der Waals surface area contributed by atoms with E-state index < -0.39 is 0 Å². The number of nitro benzene ring substituents is 1. The van der Waals surface area contributed by atoms with Gasteiger partial charge >= 0.3 is 0 Å². The van der Waals surface area contributed by atoms with Crippen LogP contribution in [0.5, 0.6) is 0 Å².